The number of amides is 1. The number of carbonyl (C=O) groups is 1. The Bertz CT molecular complexity index is 578. The summed E-state index contributed by atoms with van der Waals surface area (Å²) < 4.78 is 6.85. The van der Waals surface area contributed by atoms with Gasteiger partial charge in [0.25, 0.3) is 5.91 Å². The summed E-state index contributed by atoms with van der Waals surface area (Å²) in [4.78, 5) is 11.8. The molecule has 1 aromatic carbocycles. The Kier molecular flexibility index (Phi) is 5.34. The lowest BCUT2D eigenvalue weighted by Gasteiger charge is -2.04. The number of hydrogen-bond donors (Lipinski definition) is 2. The maximum absolute atomic E-state index is 11.8. The zero-order valence-corrected chi connectivity index (χ0v) is 12.1. The van der Waals surface area contributed by atoms with E-state index in [1.807, 2.05) is 24.3 Å². The van der Waals surface area contributed by atoms with Crippen molar-refractivity contribution in [2.75, 3.05) is 20.2 Å². The molecule has 0 aliphatic carbocycles. The van der Waals surface area contributed by atoms with Gasteiger partial charge in [-0.1, -0.05) is 12.1 Å². The van der Waals surface area contributed by atoms with Gasteiger partial charge in [0.15, 0.2) is 0 Å². The summed E-state index contributed by atoms with van der Waals surface area (Å²) >= 11 is 0. The minimum Gasteiger partial charge on any atom is -0.497 e. The molecule has 0 spiro atoms. The van der Waals surface area contributed by atoms with Gasteiger partial charge in [-0.25, -0.2) is 0 Å². The third-order valence-electron chi connectivity index (χ3n) is 3.07. The van der Waals surface area contributed by atoms with E-state index in [-0.39, 0.29) is 5.91 Å². The normalized spacial score (nSPS) is 10.4. The molecule has 2 rings (SSSR count). The van der Waals surface area contributed by atoms with Crippen molar-refractivity contribution in [2.24, 2.45) is 5.73 Å². The average molecular weight is 288 g/mol. The van der Waals surface area contributed by atoms with Crippen LogP contribution < -0.4 is 15.8 Å². The molecule has 0 unspecified atom stereocenters. The van der Waals surface area contributed by atoms with Crippen LogP contribution in [0.5, 0.6) is 5.75 Å². The summed E-state index contributed by atoms with van der Waals surface area (Å²) in [6.45, 7) is 1.76. The van der Waals surface area contributed by atoms with E-state index >= 15 is 0 Å². The molecule has 6 heteroatoms. The van der Waals surface area contributed by atoms with Crippen molar-refractivity contribution in [3.8, 4) is 5.75 Å². The van der Waals surface area contributed by atoms with E-state index in [9.17, 15) is 4.79 Å². The lowest BCUT2D eigenvalue weighted by molar-refractivity contribution is 0.0953. The third kappa shape index (κ3) is 4.32. The Hall–Kier alpha value is -2.34. The second-order valence-electron chi connectivity index (χ2n) is 4.67. The second kappa shape index (κ2) is 7.44. The minimum atomic E-state index is -0.121. The molecule has 21 heavy (non-hydrogen) atoms. The summed E-state index contributed by atoms with van der Waals surface area (Å²) in [6.07, 6.45) is 4.08. The molecule has 2 aromatic rings. The first kappa shape index (κ1) is 15.1. The molecule has 0 bridgehead atoms. The average Bonchev–Trinajstić information content (AvgIpc) is 2.97. The van der Waals surface area contributed by atoms with Crippen molar-refractivity contribution in [1.29, 1.82) is 0 Å². The van der Waals surface area contributed by atoms with Crippen LogP contribution in [0.25, 0.3) is 0 Å². The maximum atomic E-state index is 11.8. The molecule has 0 atom stereocenters. The quantitative estimate of drug-likeness (QED) is 0.745. The molecule has 112 valence electrons. The highest BCUT2D eigenvalue weighted by Gasteiger charge is 2.08. The van der Waals surface area contributed by atoms with Crippen molar-refractivity contribution < 1.29 is 9.53 Å². The van der Waals surface area contributed by atoms with E-state index in [1.54, 1.807) is 24.2 Å². The summed E-state index contributed by atoms with van der Waals surface area (Å²) in [5, 5.41) is 7.01. The fourth-order valence-corrected chi connectivity index (χ4v) is 1.89. The van der Waals surface area contributed by atoms with Crippen LogP contribution in [0, 0.1) is 0 Å². The largest absolute Gasteiger partial charge is 0.497 e. The van der Waals surface area contributed by atoms with Crippen LogP contribution in [0.4, 0.5) is 0 Å². The maximum Gasteiger partial charge on any atom is 0.254 e. The zero-order valence-electron chi connectivity index (χ0n) is 12.1. The fraction of sp³-hybridized carbons (Fsp3) is 0.333. The number of nitrogens with two attached hydrogens (primary N) is 1. The summed E-state index contributed by atoms with van der Waals surface area (Å²) in [7, 11) is 1.64. The number of ether oxygens (including phenoxy) is 1. The van der Waals surface area contributed by atoms with Crippen molar-refractivity contribution in [2.45, 2.75) is 13.0 Å². The molecule has 0 saturated heterocycles. The number of benzene rings is 1. The molecule has 1 heterocycles. The fourth-order valence-electron chi connectivity index (χ4n) is 1.89. The number of hydrogen-bond acceptors (Lipinski definition) is 4. The topological polar surface area (TPSA) is 82.2 Å². The van der Waals surface area contributed by atoms with Crippen LogP contribution in [0.3, 0.4) is 0 Å². The highest BCUT2D eigenvalue weighted by atomic mass is 16.5. The molecular weight excluding hydrogens is 268 g/mol. The smallest absolute Gasteiger partial charge is 0.254 e. The molecule has 3 N–H and O–H groups in total. The van der Waals surface area contributed by atoms with Gasteiger partial charge in [-0.05, 0) is 30.7 Å². The monoisotopic (exact) mass is 288 g/mol. The lowest BCUT2D eigenvalue weighted by Crippen LogP contribution is -2.25. The molecule has 6 nitrogen and oxygen atoms in total. The second-order valence-corrected chi connectivity index (χ2v) is 4.67. The lowest BCUT2D eigenvalue weighted by atomic mass is 10.2. The number of rotatable bonds is 7. The van der Waals surface area contributed by atoms with Crippen molar-refractivity contribution in [1.82, 2.24) is 15.1 Å². The summed E-state index contributed by atoms with van der Waals surface area (Å²) in [6, 6.07) is 7.75. The van der Waals surface area contributed by atoms with Crippen LogP contribution in [-0.2, 0) is 6.54 Å². The van der Waals surface area contributed by atoms with Crippen molar-refractivity contribution in [3.05, 3.63) is 47.8 Å². The van der Waals surface area contributed by atoms with E-state index in [0.29, 0.717) is 25.2 Å². The van der Waals surface area contributed by atoms with Crippen molar-refractivity contribution in [3.63, 3.8) is 0 Å². The van der Waals surface area contributed by atoms with E-state index in [1.165, 1.54) is 0 Å². The molecule has 0 saturated carbocycles. The van der Waals surface area contributed by atoms with Gasteiger partial charge in [-0.2, -0.15) is 5.10 Å². The molecular formula is C15H20N4O2. The zero-order chi connectivity index (χ0) is 15.1. The van der Waals surface area contributed by atoms with Gasteiger partial charge in [0.05, 0.1) is 25.4 Å². The highest BCUT2D eigenvalue weighted by molar-refractivity contribution is 5.93. The first-order valence-corrected chi connectivity index (χ1v) is 6.86. The standard InChI is InChI=1S/C15H20N4O2/c1-21-14-5-3-12(4-6-14)10-19-11-13(9-18-19)15(20)17-8-2-7-16/h3-6,9,11H,2,7-8,10,16H2,1H3,(H,17,20). The minimum absolute atomic E-state index is 0.121. The Morgan fingerprint density at radius 2 is 2.14 bits per heavy atom. The van der Waals surface area contributed by atoms with Gasteiger partial charge in [0.1, 0.15) is 5.75 Å². The van der Waals surface area contributed by atoms with Crippen LogP contribution in [-0.4, -0.2) is 35.9 Å². The molecule has 0 aliphatic heterocycles. The van der Waals surface area contributed by atoms with Crippen molar-refractivity contribution >= 4 is 5.91 Å². The number of nitrogens with one attached hydrogen (secondary N) is 1. The Morgan fingerprint density at radius 3 is 2.81 bits per heavy atom. The predicted molar refractivity (Wildman–Crippen MR) is 80.3 cm³/mol. The van der Waals surface area contributed by atoms with E-state index in [2.05, 4.69) is 10.4 Å². The van der Waals surface area contributed by atoms with Crippen LogP contribution in [0.15, 0.2) is 36.7 Å². The van der Waals surface area contributed by atoms with E-state index in [4.69, 9.17) is 10.5 Å². The molecule has 0 aliphatic rings. The predicted octanol–water partition coefficient (Wildman–Crippen LogP) is 1.02. The molecule has 0 fully saturated rings. The van der Waals surface area contributed by atoms with Gasteiger partial charge in [0.2, 0.25) is 0 Å². The van der Waals surface area contributed by atoms with Crippen LogP contribution in [0.2, 0.25) is 0 Å². The first-order valence-electron chi connectivity index (χ1n) is 6.86. The van der Waals surface area contributed by atoms with E-state index in [0.717, 1.165) is 17.7 Å². The summed E-state index contributed by atoms with van der Waals surface area (Å²) in [5.41, 5.74) is 7.04. The third-order valence-corrected chi connectivity index (χ3v) is 3.07. The van der Waals surface area contributed by atoms with Crippen LogP contribution >= 0.6 is 0 Å². The highest BCUT2D eigenvalue weighted by Crippen LogP contribution is 2.12. The SMILES string of the molecule is COc1ccc(Cn2cc(C(=O)NCCCN)cn2)cc1. The number of carbonyl (C=O) groups excluding carboxylic acids is 1. The summed E-state index contributed by atoms with van der Waals surface area (Å²) in [5.74, 6) is 0.698. The molecule has 1 amide bonds. The Balaban J connectivity index is 1.94. The van der Waals surface area contributed by atoms with Gasteiger partial charge in [-0.3, -0.25) is 9.48 Å². The number of nitrogens with zero attached hydrogens (tertiary/aromatic N) is 2. The van der Waals surface area contributed by atoms with Gasteiger partial charge >= 0.3 is 0 Å². The van der Waals surface area contributed by atoms with Gasteiger partial charge in [0, 0.05) is 12.7 Å². The number of methoxy groups -OCH3 is 1. The molecule has 0 radical (unpaired) electrons. The molecule has 1 aromatic heterocycles. The Morgan fingerprint density at radius 1 is 1.38 bits per heavy atom. The number of aromatic nitrogens is 2. The first-order chi connectivity index (χ1) is 10.2. The van der Waals surface area contributed by atoms with E-state index < -0.39 is 0 Å². The van der Waals surface area contributed by atoms with Gasteiger partial charge < -0.3 is 15.8 Å². The Labute approximate surface area is 123 Å². The van der Waals surface area contributed by atoms with Crippen LogP contribution in [0.1, 0.15) is 22.3 Å². The van der Waals surface area contributed by atoms with Gasteiger partial charge in [-0.15, -0.1) is 0 Å².